The predicted octanol–water partition coefficient (Wildman–Crippen LogP) is 2.37. The Labute approximate surface area is 109 Å². The molecule has 2 heterocycles. The number of esters is 1. The quantitative estimate of drug-likeness (QED) is 0.862. The van der Waals surface area contributed by atoms with Crippen LogP contribution in [0.5, 0.6) is 0 Å². The summed E-state index contributed by atoms with van der Waals surface area (Å²) < 4.78 is 5.06. The molecule has 6 heteroatoms. The molecule has 1 N–H and O–H groups in total. The highest BCUT2D eigenvalue weighted by Gasteiger charge is 2.34. The number of hydrogen-bond donors (Lipinski definition) is 1. The Kier molecular flexibility index (Phi) is 3.47. The average molecular weight is 265 g/mol. The maximum absolute atomic E-state index is 11.9. The summed E-state index contributed by atoms with van der Waals surface area (Å²) in [5.41, 5.74) is -0.0329. The molecule has 0 atom stereocenters. The number of thiazole rings is 1. The number of carbonyl (C=O) groups is 1. The van der Waals surface area contributed by atoms with Gasteiger partial charge in [-0.2, -0.15) is 0 Å². The van der Waals surface area contributed by atoms with Gasteiger partial charge in [0.15, 0.2) is 10.8 Å². The first-order valence-corrected chi connectivity index (χ1v) is 6.56. The smallest absolute Gasteiger partial charge is 0.317 e. The lowest BCUT2D eigenvalue weighted by atomic mass is 9.90. The fourth-order valence-corrected chi connectivity index (χ4v) is 2.41. The number of H-pyrrole nitrogens is 1. The Morgan fingerprint density at radius 1 is 1.56 bits per heavy atom. The van der Waals surface area contributed by atoms with Crippen molar-refractivity contribution in [2.45, 2.75) is 26.2 Å². The Balaban J connectivity index is 2.27. The number of rotatable bonds is 4. The van der Waals surface area contributed by atoms with Gasteiger partial charge in [0.1, 0.15) is 5.41 Å². The lowest BCUT2D eigenvalue weighted by Crippen LogP contribution is -2.31. The molecule has 0 unspecified atom stereocenters. The predicted molar refractivity (Wildman–Crippen MR) is 69.4 cm³/mol. The Bertz CT molecular complexity index is 531. The Morgan fingerprint density at radius 2 is 2.33 bits per heavy atom. The lowest BCUT2D eigenvalue weighted by Gasteiger charge is -2.19. The molecule has 96 valence electrons. The van der Waals surface area contributed by atoms with E-state index in [1.807, 2.05) is 19.2 Å². The summed E-state index contributed by atoms with van der Waals surface area (Å²) in [6, 6.07) is 0. The fourth-order valence-electron chi connectivity index (χ4n) is 1.47. The Morgan fingerprint density at radius 3 is 2.94 bits per heavy atom. The van der Waals surface area contributed by atoms with Crippen molar-refractivity contribution in [3.8, 4) is 10.8 Å². The molecular weight excluding hydrogens is 250 g/mol. The summed E-state index contributed by atoms with van der Waals surface area (Å²) >= 11 is 1.46. The van der Waals surface area contributed by atoms with Gasteiger partial charge >= 0.3 is 5.97 Å². The van der Waals surface area contributed by atoms with Gasteiger partial charge in [-0.15, -0.1) is 11.3 Å². The molecule has 0 aliphatic carbocycles. The van der Waals surface area contributed by atoms with Crippen molar-refractivity contribution in [1.29, 1.82) is 0 Å². The molecule has 0 aliphatic heterocycles. The van der Waals surface area contributed by atoms with Gasteiger partial charge in [0.05, 0.1) is 12.3 Å². The SMILES string of the molecule is CCOC(=O)C(C)(C)c1csc(-c2ncc[nH]2)n1. The highest BCUT2D eigenvalue weighted by molar-refractivity contribution is 7.13. The summed E-state index contributed by atoms with van der Waals surface area (Å²) in [5, 5.41) is 2.64. The summed E-state index contributed by atoms with van der Waals surface area (Å²) in [6.07, 6.45) is 3.42. The molecule has 2 aromatic heterocycles. The first-order valence-electron chi connectivity index (χ1n) is 5.68. The van der Waals surface area contributed by atoms with Crippen molar-refractivity contribution in [3.63, 3.8) is 0 Å². The van der Waals surface area contributed by atoms with E-state index in [2.05, 4.69) is 15.0 Å². The number of hydrogen-bond acceptors (Lipinski definition) is 5. The molecule has 0 saturated carbocycles. The number of aromatic amines is 1. The molecule has 0 saturated heterocycles. The minimum absolute atomic E-state index is 0.263. The minimum atomic E-state index is -0.739. The largest absolute Gasteiger partial charge is 0.465 e. The maximum atomic E-state index is 11.9. The number of nitrogens with zero attached hydrogens (tertiary/aromatic N) is 2. The van der Waals surface area contributed by atoms with E-state index >= 15 is 0 Å². The second kappa shape index (κ2) is 4.89. The maximum Gasteiger partial charge on any atom is 0.317 e. The summed E-state index contributed by atoms with van der Waals surface area (Å²) in [5.74, 6) is 0.451. The fraction of sp³-hybridized carbons (Fsp3) is 0.417. The monoisotopic (exact) mass is 265 g/mol. The normalized spacial score (nSPS) is 11.5. The van der Waals surface area contributed by atoms with Crippen molar-refractivity contribution >= 4 is 17.3 Å². The van der Waals surface area contributed by atoms with Crippen LogP contribution in [0, 0.1) is 0 Å². The van der Waals surface area contributed by atoms with Crippen LogP contribution in [-0.4, -0.2) is 27.5 Å². The molecule has 0 aliphatic rings. The van der Waals surface area contributed by atoms with Crippen molar-refractivity contribution < 1.29 is 9.53 Å². The van der Waals surface area contributed by atoms with Crippen LogP contribution in [0.1, 0.15) is 26.5 Å². The first-order chi connectivity index (χ1) is 8.55. The third kappa shape index (κ3) is 2.28. The molecule has 2 rings (SSSR count). The third-order valence-electron chi connectivity index (χ3n) is 2.63. The molecule has 0 spiro atoms. The second-order valence-electron chi connectivity index (χ2n) is 4.32. The van der Waals surface area contributed by atoms with Gasteiger partial charge in [-0.25, -0.2) is 9.97 Å². The van der Waals surface area contributed by atoms with Crippen LogP contribution in [0.15, 0.2) is 17.8 Å². The van der Waals surface area contributed by atoms with Crippen LogP contribution in [0.4, 0.5) is 0 Å². The van der Waals surface area contributed by atoms with Gasteiger partial charge in [-0.3, -0.25) is 4.79 Å². The number of aromatic nitrogens is 3. The van der Waals surface area contributed by atoms with Gasteiger partial charge in [-0.05, 0) is 20.8 Å². The number of ether oxygens (including phenoxy) is 1. The van der Waals surface area contributed by atoms with Crippen LogP contribution in [0.25, 0.3) is 10.8 Å². The number of carbonyl (C=O) groups excluding carboxylic acids is 1. The van der Waals surface area contributed by atoms with Crippen LogP contribution in [0.3, 0.4) is 0 Å². The number of imidazole rings is 1. The van der Waals surface area contributed by atoms with Crippen molar-refractivity contribution in [2.24, 2.45) is 0 Å². The van der Waals surface area contributed by atoms with E-state index in [1.165, 1.54) is 11.3 Å². The highest BCUT2D eigenvalue weighted by atomic mass is 32.1. The average Bonchev–Trinajstić information content (AvgIpc) is 3.00. The van der Waals surface area contributed by atoms with E-state index in [4.69, 9.17) is 4.74 Å². The number of nitrogens with one attached hydrogen (secondary N) is 1. The van der Waals surface area contributed by atoms with Gasteiger partial charge < -0.3 is 9.72 Å². The van der Waals surface area contributed by atoms with Crippen LogP contribution in [0.2, 0.25) is 0 Å². The van der Waals surface area contributed by atoms with Gasteiger partial charge in [-0.1, -0.05) is 0 Å². The zero-order chi connectivity index (χ0) is 13.2. The topological polar surface area (TPSA) is 67.9 Å². The summed E-state index contributed by atoms with van der Waals surface area (Å²) in [6.45, 7) is 5.79. The first kappa shape index (κ1) is 12.8. The van der Waals surface area contributed by atoms with E-state index in [0.717, 1.165) is 5.01 Å². The van der Waals surface area contributed by atoms with Gasteiger partial charge in [0, 0.05) is 17.8 Å². The van der Waals surface area contributed by atoms with E-state index in [1.54, 1.807) is 19.3 Å². The standard InChI is InChI=1S/C12H15N3O2S/c1-4-17-11(16)12(2,3)8-7-18-10(15-8)9-13-5-6-14-9/h5-7H,4H2,1-3H3,(H,13,14). The minimum Gasteiger partial charge on any atom is -0.465 e. The van der Waals surface area contributed by atoms with E-state index < -0.39 is 5.41 Å². The molecular formula is C12H15N3O2S. The van der Waals surface area contributed by atoms with Crippen LogP contribution >= 0.6 is 11.3 Å². The molecule has 2 aromatic rings. The van der Waals surface area contributed by atoms with Gasteiger partial charge in [0.25, 0.3) is 0 Å². The van der Waals surface area contributed by atoms with Crippen LogP contribution < -0.4 is 0 Å². The Hall–Kier alpha value is -1.69. The molecule has 0 aromatic carbocycles. The zero-order valence-electron chi connectivity index (χ0n) is 10.6. The summed E-state index contributed by atoms with van der Waals surface area (Å²) in [4.78, 5) is 23.5. The summed E-state index contributed by atoms with van der Waals surface area (Å²) in [7, 11) is 0. The molecule has 0 amide bonds. The van der Waals surface area contributed by atoms with E-state index in [0.29, 0.717) is 18.1 Å². The van der Waals surface area contributed by atoms with E-state index in [9.17, 15) is 4.79 Å². The van der Waals surface area contributed by atoms with Crippen molar-refractivity contribution in [2.75, 3.05) is 6.61 Å². The lowest BCUT2D eigenvalue weighted by molar-refractivity contribution is -0.148. The van der Waals surface area contributed by atoms with E-state index in [-0.39, 0.29) is 5.97 Å². The van der Waals surface area contributed by atoms with Crippen molar-refractivity contribution in [1.82, 2.24) is 15.0 Å². The second-order valence-corrected chi connectivity index (χ2v) is 5.18. The molecule has 18 heavy (non-hydrogen) atoms. The van der Waals surface area contributed by atoms with Crippen LogP contribution in [-0.2, 0) is 14.9 Å². The molecule has 0 bridgehead atoms. The molecule has 5 nitrogen and oxygen atoms in total. The molecule has 0 fully saturated rings. The zero-order valence-corrected chi connectivity index (χ0v) is 11.4. The molecule has 0 radical (unpaired) electrons. The highest BCUT2D eigenvalue weighted by Crippen LogP contribution is 2.29. The van der Waals surface area contributed by atoms with Gasteiger partial charge in [0.2, 0.25) is 0 Å². The third-order valence-corrected chi connectivity index (χ3v) is 3.48. The van der Waals surface area contributed by atoms with Crippen molar-refractivity contribution in [3.05, 3.63) is 23.5 Å².